The first-order valence-electron chi connectivity index (χ1n) is 8.96. The van der Waals surface area contributed by atoms with Crippen LogP contribution in [0, 0.1) is 5.41 Å². The van der Waals surface area contributed by atoms with Crippen molar-refractivity contribution >= 4 is 35.2 Å². The second-order valence-electron chi connectivity index (χ2n) is 7.85. The molecule has 1 N–H and O–H groups in total. The van der Waals surface area contributed by atoms with E-state index in [1.54, 1.807) is 40.9 Å². The summed E-state index contributed by atoms with van der Waals surface area (Å²) in [7, 11) is 0. The Labute approximate surface area is 173 Å². The number of thioether (sulfide) groups is 1. The highest BCUT2D eigenvalue weighted by molar-refractivity contribution is 7.99. The second-order valence-corrected chi connectivity index (χ2v) is 9.29. The summed E-state index contributed by atoms with van der Waals surface area (Å²) in [5, 5.41) is 7.35. The van der Waals surface area contributed by atoms with Crippen LogP contribution in [0.1, 0.15) is 33.1 Å². The number of hydrogen-bond donors (Lipinski definition) is 1. The standard InChI is InChI=1S/C19H23ClN4O3S/c1-19(2,3)8-16(25)24-11-28-10-14(24)18(26)21-9-15-22-17(23-27-15)12-4-6-13(20)7-5-12/h4-7,14H,8-11H2,1-3H3,(H,21,26). The fourth-order valence-corrected chi connectivity index (χ4v) is 4.09. The van der Waals surface area contributed by atoms with E-state index in [-0.39, 0.29) is 23.8 Å². The van der Waals surface area contributed by atoms with Crippen LogP contribution in [-0.2, 0) is 16.1 Å². The number of aromatic nitrogens is 2. The van der Waals surface area contributed by atoms with E-state index < -0.39 is 6.04 Å². The Balaban J connectivity index is 1.58. The van der Waals surface area contributed by atoms with Gasteiger partial charge in [0, 0.05) is 22.8 Å². The Hall–Kier alpha value is -2.06. The Kier molecular flexibility index (Phi) is 6.30. The maximum absolute atomic E-state index is 12.6. The van der Waals surface area contributed by atoms with Gasteiger partial charge in [0.15, 0.2) is 0 Å². The van der Waals surface area contributed by atoms with Gasteiger partial charge in [-0.25, -0.2) is 0 Å². The lowest BCUT2D eigenvalue weighted by molar-refractivity contribution is -0.139. The number of benzene rings is 1. The molecule has 1 unspecified atom stereocenters. The number of nitrogens with one attached hydrogen (secondary N) is 1. The Morgan fingerprint density at radius 1 is 1.32 bits per heavy atom. The number of nitrogens with zero attached hydrogens (tertiary/aromatic N) is 3. The van der Waals surface area contributed by atoms with Crippen molar-refractivity contribution in [3.8, 4) is 11.4 Å². The molecule has 2 aromatic rings. The Morgan fingerprint density at radius 3 is 2.71 bits per heavy atom. The lowest BCUT2D eigenvalue weighted by Crippen LogP contribution is -2.47. The van der Waals surface area contributed by atoms with Gasteiger partial charge in [0.1, 0.15) is 6.04 Å². The number of carbonyl (C=O) groups is 2. The highest BCUT2D eigenvalue weighted by atomic mass is 35.5. The van der Waals surface area contributed by atoms with Crippen molar-refractivity contribution in [1.29, 1.82) is 0 Å². The third-order valence-corrected chi connectivity index (χ3v) is 5.44. The average molecular weight is 423 g/mol. The van der Waals surface area contributed by atoms with Crippen molar-refractivity contribution in [1.82, 2.24) is 20.4 Å². The van der Waals surface area contributed by atoms with E-state index in [4.69, 9.17) is 16.1 Å². The number of carbonyl (C=O) groups excluding carboxylic acids is 2. The molecule has 150 valence electrons. The molecular weight excluding hydrogens is 400 g/mol. The molecule has 2 heterocycles. The van der Waals surface area contributed by atoms with Gasteiger partial charge in [-0.2, -0.15) is 4.98 Å². The van der Waals surface area contributed by atoms with Gasteiger partial charge in [0.25, 0.3) is 0 Å². The van der Waals surface area contributed by atoms with Crippen molar-refractivity contribution < 1.29 is 14.1 Å². The first-order chi connectivity index (χ1) is 13.2. The maximum Gasteiger partial charge on any atom is 0.246 e. The predicted molar refractivity (Wildman–Crippen MR) is 109 cm³/mol. The number of rotatable bonds is 5. The molecule has 0 bridgehead atoms. The molecule has 0 saturated carbocycles. The van der Waals surface area contributed by atoms with E-state index >= 15 is 0 Å². The lowest BCUT2D eigenvalue weighted by atomic mass is 9.91. The summed E-state index contributed by atoms with van der Waals surface area (Å²) < 4.78 is 5.21. The minimum absolute atomic E-state index is 0.000430. The first-order valence-corrected chi connectivity index (χ1v) is 10.5. The number of halogens is 1. The molecule has 7 nitrogen and oxygen atoms in total. The van der Waals surface area contributed by atoms with Gasteiger partial charge >= 0.3 is 0 Å². The molecule has 2 amide bonds. The van der Waals surface area contributed by atoms with Crippen LogP contribution in [0.3, 0.4) is 0 Å². The molecule has 1 atom stereocenters. The summed E-state index contributed by atoms with van der Waals surface area (Å²) in [5.74, 6) is 1.64. The van der Waals surface area contributed by atoms with Gasteiger partial charge < -0.3 is 14.7 Å². The van der Waals surface area contributed by atoms with Crippen LogP contribution in [0.25, 0.3) is 11.4 Å². The van der Waals surface area contributed by atoms with Crippen molar-refractivity contribution in [3.05, 3.63) is 35.2 Å². The first kappa shape index (κ1) is 20.7. The van der Waals surface area contributed by atoms with Gasteiger partial charge in [-0.3, -0.25) is 9.59 Å². The van der Waals surface area contributed by atoms with E-state index in [9.17, 15) is 9.59 Å². The topological polar surface area (TPSA) is 88.3 Å². The fourth-order valence-electron chi connectivity index (χ4n) is 2.78. The minimum Gasteiger partial charge on any atom is -0.345 e. The van der Waals surface area contributed by atoms with Gasteiger partial charge in [-0.1, -0.05) is 37.5 Å². The largest absolute Gasteiger partial charge is 0.345 e. The summed E-state index contributed by atoms with van der Waals surface area (Å²) in [6.45, 7) is 6.15. The Morgan fingerprint density at radius 2 is 2.04 bits per heavy atom. The molecule has 1 aromatic heterocycles. The van der Waals surface area contributed by atoms with Crippen LogP contribution in [0.5, 0.6) is 0 Å². The summed E-state index contributed by atoms with van der Waals surface area (Å²) >= 11 is 7.46. The van der Waals surface area contributed by atoms with E-state index in [1.807, 2.05) is 20.8 Å². The SMILES string of the molecule is CC(C)(C)CC(=O)N1CSCC1C(=O)NCc1nc(-c2ccc(Cl)cc2)no1. The van der Waals surface area contributed by atoms with Crippen LogP contribution >= 0.6 is 23.4 Å². The second kappa shape index (κ2) is 8.53. The normalized spacial score (nSPS) is 17.0. The lowest BCUT2D eigenvalue weighted by Gasteiger charge is -2.26. The number of amides is 2. The van der Waals surface area contributed by atoms with Crippen LogP contribution in [-0.4, -0.2) is 44.5 Å². The van der Waals surface area contributed by atoms with Crippen LogP contribution < -0.4 is 5.32 Å². The molecule has 0 radical (unpaired) electrons. The van der Waals surface area contributed by atoms with Crippen LogP contribution in [0.15, 0.2) is 28.8 Å². The van der Waals surface area contributed by atoms with E-state index in [0.717, 1.165) is 5.56 Å². The zero-order valence-electron chi connectivity index (χ0n) is 16.1. The molecule has 28 heavy (non-hydrogen) atoms. The zero-order chi connectivity index (χ0) is 20.3. The monoisotopic (exact) mass is 422 g/mol. The summed E-state index contributed by atoms with van der Waals surface area (Å²) in [6, 6.07) is 6.61. The summed E-state index contributed by atoms with van der Waals surface area (Å²) in [6.07, 6.45) is 0.408. The summed E-state index contributed by atoms with van der Waals surface area (Å²) in [5.41, 5.74) is 0.657. The van der Waals surface area contributed by atoms with Crippen molar-refractivity contribution in [2.75, 3.05) is 11.6 Å². The van der Waals surface area contributed by atoms with Crippen LogP contribution in [0.4, 0.5) is 0 Å². The molecule has 3 rings (SSSR count). The third-order valence-electron chi connectivity index (χ3n) is 4.17. The molecule has 0 spiro atoms. The quantitative estimate of drug-likeness (QED) is 0.794. The molecule has 1 aliphatic rings. The molecule has 0 aliphatic carbocycles. The smallest absolute Gasteiger partial charge is 0.246 e. The maximum atomic E-state index is 12.6. The van der Waals surface area contributed by atoms with Crippen LogP contribution in [0.2, 0.25) is 5.02 Å². The van der Waals surface area contributed by atoms with Gasteiger partial charge in [0.05, 0.1) is 12.4 Å². The fraction of sp³-hybridized carbons (Fsp3) is 0.474. The van der Waals surface area contributed by atoms with Gasteiger partial charge in [0.2, 0.25) is 23.5 Å². The van der Waals surface area contributed by atoms with Crippen molar-refractivity contribution in [3.63, 3.8) is 0 Å². The van der Waals surface area contributed by atoms with Gasteiger partial charge in [-0.05, 0) is 29.7 Å². The minimum atomic E-state index is -0.474. The highest BCUT2D eigenvalue weighted by Gasteiger charge is 2.35. The molecular formula is C19H23ClN4O3S. The highest BCUT2D eigenvalue weighted by Crippen LogP contribution is 2.26. The predicted octanol–water partition coefficient (Wildman–Crippen LogP) is 3.34. The van der Waals surface area contributed by atoms with Crippen molar-refractivity contribution in [2.24, 2.45) is 5.41 Å². The summed E-state index contributed by atoms with van der Waals surface area (Å²) in [4.78, 5) is 31.0. The zero-order valence-corrected chi connectivity index (χ0v) is 17.6. The van der Waals surface area contributed by atoms with Gasteiger partial charge in [-0.15, -0.1) is 11.8 Å². The Bertz CT molecular complexity index is 848. The molecule has 1 fully saturated rings. The third kappa shape index (κ3) is 5.26. The van der Waals surface area contributed by atoms with E-state index in [2.05, 4.69) is 15.5 Å². The average Bonchev–Trinajstić information content (AvgIpc) is 3.28. The molecule has 1 aromatic carbocycles. The number of hydrogen-bond acceptors (Lipinski definition) is 6. The van der Waals surface area contributed by atoms with E-state index in [0.29, 0.717) is 34.8 Å². The van der Waals surface area contributed by atoms with E-state index in [1.165, 1.54) is 0 Å². The van der Waals surface area contributed by atoms with Crippen molar-refractivity contribution in [2.45, 2.75) is 39.8 Å². The molecule has 1 aliphatic heterocycles. The molecule has 1 saturated heterocycles. The molecule has 9 heteroatoms.